The Morgan fingerprint density at radius 2 is 1.41 bits per heavy atom. The molecule has 0 aromatic heterocycles. The Bertz CT molecular complexity index is 858. The van der Waals surface area contributed by atoms with E-state index in [1.807, 2.05) is 0 Å². The van der Waals surface area contributed by atoms with Crippen molar-refractivity contribution < 1.29 is 43.3 Å². The molecule has 0 aliphatic carbocycles. The molecule has 0 heterocycles. The summed E-state index contributed by atoms with van der Waals surface area (Å²) in [5.41, 5.74) is -5.84. The van der Waals surface area contributed by atoms with E-state index in [0.717, 1.165) is 6.07 Å². The predicted octanol–water partition coefficient (Wildman–Crippen LogP) is 3.62. The van der Waals surface area contributed by atoms with E-state index in [4.69, 9.17) is 0 Å². The van der Waals surface area contributed by atoms with E-state index in [0.29, 0.717) is 12.1 Å². The first kappa shape index (κ1) is 16.3. The van der Waals surface area contributed by atoms with Gasteiger partial charge in [0.25, 0.3) is 0 Å². The number of alkyl halides is 3. The quantitative estimate of drug-likeness (QED) is 0.274. The first-order valence-corrected chi connectivity index (χ1v) is 6.63. The molecule has 11 heteroatoms. The fourth-order valence-corrected chi connectivity index (χ4v) is 2.07. The molecule has 0 amide bonds. The van der Waals surface area contributed by atoms with E-state index in [1.54, 1.807) is 0 Å². The standard InChI is InChI=1S/C11H3F7O3S/c12-7-4-2-1-3-5(21-22(19,20)11(16,17)18)6(4)8(13)10(15)9(7)14/h1-3H. The van der Waals surface area contributed by atoms with Crippen LogP contribution < -0.4 is 4.18 Å². The van der Waals surface area contributed by atoms with Gasteiger partial charge in [-0.3, -0.25) is 0 Å². The molecule has 0 fully saturated rings. The van der Waals surface area contributed by atoms with Crippen molar-refractivity contribution in [2.75, 3.05) is 0 Å². The summed E-state index contributed by atoms with van der Waals surface area (Å²) in [6, 6.07) is 2.03. The van der Waals surface area contributed by atoms with Crippen molar-refractivity contribution in [1.82, 2.24) is 0 Å². The van der Waals surface area contributed by atoms with Crippen LogP contribution in [-0.4, -0.2) is 13.9 Å². The first-order chi connectivity index (χ1) is 9.97. The van der Waals surface area contributed by atoms with E-state index in [-0.39, 0.29) is 0 Å². The van der Waals surface area contributed by atoms with Crippen LogP contribution in [0.3, 0.4) is 0 Å². The van der Waals surface area contributed by atoms with Gasteiger partial charge in [0.15, 0.2) is 29.0 Å². The van der Waals surface area contributed by atoms with Gasteiger partial charge in [0.05, 0.1) is 5.39 Å². The summed E-state index contributed by atoms with van der Waals surface area (Å²) in [5.74, 6) is -9.82. The highest BCUT2D eigenvalue weighted by atomic mass is 32.2. The lowest BCUT2D eigenvalue weighted by Gasteiger charge is -2.12. The van der Waals surface area contributed by atoms with Gasteiger partial charge in [0, 0.05) is 5.39 Å². The molecule has 2 aromatic carbocycles. The Labute approximate surface area is 118 Å². The van der Waals surface area contributed by atoms with E-state index in [9.17, 15) is 39.2 Å². The van der Waals surface area contributed by atoms with Crippen LogP contribution in [0.2, 0.25) is 0 Å². The molecule has 0 atom stereocenters. The summed E-state index contributed by atoms with van der Waals surface area (Å²) < 4.78 is 115. The van der Waals surface area contributed by atoms with Crippen LogP contribution in [0, 0.1) is 23.3 Å². The summed E-state index contributed by atoms with van der Waals surface area (Å²) in [7, 11) is -6.20. The topological polar surface area (TPSA) is 43.4 Å². The van der Waals surface area contributed by atoms with Crippen LogP contribution in [-0.2, 0) is 10.1 Å². The zero-order valence-corrected chi connectivity index (χ0v) is 10.8. The Kier molecular flexibility index (Phi) is 3.71. The number of fused-ring (bicyclic) bond motifs is 1. The monoisotopic (exact) mass is 348 g/mol. The smallest absolute Gasteiger partial charge is 0.375 e. The van der Waals surface area contributed by atoms with Crippen molar-refractivity contribution in [1.29, 1.82) is 0 Å². The third-order valence-electron chi connectivity index (χ3n) is 2.54. The van der Waals surface area contributed by atoms with Gasteiger partial charge in [-0.2, -0.15) is 21.6 Å². The molecule has 0 unspecified atom stereocenters. The maximum atomic E-state index is 13.6. The molecule has 120 valence electrons. The number of benzene rings is 2. The number of hydrogen-bond donors (Lipinski definition) is 0. The molecule has 0 N–H and O–H groups in total. The SMILES string of the molecule is O=S(=O)(Oc1cccc2c(F)c(F)c(F)c(F)c12)C(F)(F)F. The molecular formula is C11H3F7O3S. The van der Waals surface area contributed by atoms with Crippen molar-refractivity contribution in [2.45, 2.75) is 5.51 Å². The Morgan fingerprint density at radius 3 is 1.95 bits per heavy atom. The van der Waals surface area contributed by atoms with Gasteiger partial charge in [-0.15, -0.1) is 0 Å². The third kappa shape index (κ3) is 2.45. The fourth-order valence-electron chi connectivity index (χ4n) is 1.60. The number of hydrogen-bond acceptors (Lipinski definition) is 3. The molecule has 0 saturated heterocycles. The Morgan fingerprint density at radius 1 is 0.864 bits per heavy atom. The molecule has 0 bridgehead atoms. The third-order valence-corrected chi connectivity index (χ3v) is 3.51. The maximum absolute atomic E-state index is 13.6. The van der Waals surface area contributed by atoms with Crippen LogP contribution in [0.4, 0.5) is 30.7 Å². The normalized spacial score (nSPS) is 12.7. The molecule has 0 saturated carbocycles. The van der Waals surface area contributed by atoms with Crippen LogP contribution in [0.15, 0.2) is 18.2 Å². The minimum Gasteiger partial charge on any atom is -0.375 e. The number of halogens is 7. The van der Waals surface area contributed by atoms with Gasteiger partial charge in [0.1, 0.15) is 0 Å². The highest BCUT2D eigenvalue weighted by Crippen LogP contribution is 2.36. The van der Waals surface area contributed by atoms with Crippen LogP contribution in [0.25, 0.3) is 10.8 Å². The van der Waals surface area contributed by atoms with Crippen LogP contribution in [0.5, 0.6) is 5.75 Å². The lowest BCUT2D eigenvalue weighted by molar-refractivity contribution is -0.0499. The maximum Gasteiger partial charge on any atom is 0.534 e. The van der Waals surface area contributed by atoms with Gasteiger partial charge in [-0.05, 0) is 6.07 Å². The molecule has 22 heavy (non-hydrogen) atoms. The summed E-state index contributed by atoms with van der Waals surface area (Å²) in [6.45, 7) is 0. The largest absolute Gasteiger partial charge is 0.534 e. The lowest BCUT2D eigenvalue weighted by atomic mass is 10.1. The molecule has 0 spiro atoms. The summed E-state index contributed by atoms with van der Waals surface area (Å²) in [5, 5.41) is -2.25. The van der Waals surface area contributed by atoms with Gasteiger partial charge in [-0.1, -0.05) is 12.1 Å². The van der Waals surface area contributed by atoms with Crippen LogP contribution >= 0.6 is 0 Å². The van der Waals surface area contributed by atoms with Crippen molar-refractivity contribution in [3.8, 4) is 5.75 Å². The van der Waals surface area contributed by atoms with Crippen molar-refractivity contribution in [3.63, 3.8) is 0 Å². The Balaban J connectivity index is 2.78. The van der Waals surface area contributed by atoms with E-state index >= 15 is 0 Å². The summed E-state index contributed by atoms with van der Waals surface area (Å²) in [6.07, 6.45) is 0. The minimum atomic E-state index is -6.20. The van der Waals surface area contributed by atoms with Crippen molar-refractivity contribution in [3.05, 3.63) is 41.5 Å². The van der Waals surface area contributed by atoms with Crippen molar-refractivity contribution in [2.24, 2.45) is 0 Å². The van der Waals surface area contributed by atoms with Gasteiger partial charge in [-0.25, -0.2) is 17.6 Å². The molecule has 2 rings (SSSR count). The molecular weight excluding hydrogens is 345 g/mol. The summed E-state index contributed by atoms with van der Waals surface area (Å²) >= 11 is 0. The summed E-state index contributed by atoms with van der Waals surface area (Å²) in [4.78, 5) is 0. The van der Waals surface area contributed by atoms with E-state index in [2.05, 4.69) is 4.18 Å². The zero-order chi connectivity index (χ0) is 16.9. The Hall–Kier alpha value is -2.04. The van der Waals surface area contributed by atoms with E-state index in [1.165, 1.54) is 0 Å². The highest BCUT2D eigenvalue weighted by molar-refractivity contribution is 7.88. The predicted molar refractivity (Wildman–Crippen MR) is 59.4 cm³/mol. The molecule has 2 aromatic rings. The van der Waals surface area contributed by atoms with Gasteiger partial charge in [0.2, 0.25) is 0 Å². The van der Waals surface area contributed by atoms with E-state index < -0.39 is 55.4 Å². The van der Waals surface area contributed by atoms with Gasteiger partial charge >= 0.3 is 15.6 Å². The van der Waals surface area contributed by atoms with Crippen molar-refractivity contribution >= 4 is 20.9 Å². The number of rotatable bonds is 2. The second-order valence-corrected chi connectivity index (χ2v) is 5.46. The molecule has 3 nitrogen and oxygen atoms in total. The molecule has 0 radical (unpaired) electrons. The second kappa shape index (κ2) is 5.00. The zero-order valence-electron chi connectivity index (χ0n) is 10.0. The average molecular weight is 348 g/mol. The minimum absolute atomic E-state index is 0.533. The molecule has 0 aliphatic heterocycles. The fraction of sp³-hybridized carbons (Fsp3) is 0.0909. The highest BCUT2D eigenvalue weighted by Gasteiger charge is 2.49. The van der Waals surface area contributed by atoms with Crippen LogP contribution in [0.1, 0.15) is 0 Å². The first-order valence-electron chi connectivity index (χ1n) is 5.23. The van der Waals surface area contributed by atoms with Gasteiger partial charge < -0.3 is 4.18 Å². The molecule has 0 aliphatic rings. The lowest BCUT2D eigenvalue weighted by Crippen LogP contribution is -2.28. The average Bonchev–Trinajstić information content (AvgIpc) is 2.41. The second-order valence-electron chi connectivity index (χ2n) is 3.92.